The minimum absolute atomic E-state index is 0.234. The van der Waals surface area contributed by atoms with E-state index in [4.69, 9.17) is 4.52 Å². The zero-order chi connectivity index (χ0) is 15.8. The van der Waals surface area contributed by atoms with Gasteiger partial charge in [0.2, 0.25) is 5.82 Å². The number of rotatable bonds is 2. The Hall–Kier alpha value is -3.21. The Morgan fingerprint density at radius 2 is 1.87 bits per heavy atom. The Kier molecular flexibility index (Phi) is 3.05. The van der Waals surface area contributed by atoms with Crippen LogP contribution in [0.1, 0.15) is 5.56 Å². The first kappa shape index (κ1) is 13.5. The van der Waals surface area contributed by atoms with Crippen LogP contribution >= 0.6 is 0 Å². The number of H-pyrrole nitrogens is 1. The first-order chi connectivity index (χ1) is 11.2. The number of aryl methyl sites for hydroxylation is 1. The van der Waals surface area contributed by atoms with Gasteiger partial charge in [-0.25, -0.2) is 0 Å². The molecule has 0 aliphatic heterocycles. The molecule has 5 heteroatoms. The van der Waals surface area contributed by atoms with Gasteiger partial charge < -0.3 is 9.51 Å². The second-order valence-electron chi connectivity index (χ2n) is 5.39. The standard InChI is InChI=1S/C18H13N3O2/c1-11-7-8-15-13(9-11)10-14(17(22)19-15)16-20-18(23-21-16)12-5-3-2-4-6-12/h2-10H,1H3,(H,19,22). The van der Waals surface area contributed by atoms with Crippen LogP contribution in [0.15, 0.2) is 63.9 Å². The quantitative estimate of drug-likeness (QED) is 0.614. The zero-order valence-electron chi connectivity index (χ0n) is 12.4. The third-order valence-corrected chi connectivity index (χ3v) is 3.69. The second kappa shape index (κ2) is 5.21. The molecule has 0 radical (unpaired) electrons. The molecule has 4 aromatic rings. The monoisotopic (exact) mass is 303 g/mol. The molecule has 0 unspecified atom stereocenters. The lowest BCUT2D eigenvalue weighted by Gasteiger charge is -2.01. The molecule has 0 saturated carbocycles. The van der Waals surface area contributed by atoms with E-state index in [1.807, 2.05) is 55.5 Å². The van der Waals surface area contributed by atoms with E-state index in [1.165, 1.54) is 0 Å². The van der Waals surface area contributed by atoms with E-state index in [0.717, 1.165) is 22.0 Å². The second-order valence-corrected chi connectivity index (χ2v) is 5.39. The molecule has 4 rings (SSSR count). The van der Waals surface area contributed by atoms with Gasteiger partial charge in [-0.2, -0.15) is 4.98 Å². The smallest absolute Gasteiger partial charge is 0.259 e. The summed E-state index contributed by atoms with van der Waals surface area (Å²) >= 11 is 0. The molecule has 1 N–H and O–H groups in total. The maximum absolute atomic E-state index is 12.3. The van der Waals surface area contributed by atoms with Crippen molar-refractivity contribution in [2.45, 2.75) is 6.92 Å². The predicted octanol–water partition coefficient (Wildman–Crippen LogP) is 3.55. The summed E-state index contributed by atoms with van der Waals surface area (Å²) in [6, 6.07) is 17.1. The lowest BCUT2D eigenvalue weighted by molar-refractivity contribution is 0.432. The number of aromatic nitrogens is 3. The van der Waals surface area contributed by atoms with Crippen molar-refractivity contribution in [3.05, 3.63) is 70.5 Å². The van der Waals surface area contributed by atoms with Gasteiger partial charge in [0.05, 0.1) is 5.56 Å². The van der Waals surface area contributed by atoms with E-state index in [-0.39, 0.29) is 11.4 Å². The highest BCUT2D eigenvalue weighted by Gasteiger charge is 2.14. The fraction of sp³-hybridized carbons (Fsp3) is 0.0556. The van der Waals surface area contributed by atoms with E-state index >= 15 is 0 Å². The Bertz CT molecular complexity index is 1050. The average molecular weight is 303 g/mol. The predicted molar refractivity (Wildman–Crippen MR) is 88.0 cm³/mol. The molecule has 2 heterocycles. The fourth-order valence-corrected chi connectivity index (χ4v) is 2.52. The van der Waals surface area contributed by atoms with Crippen LogP contribution in [-0.4, -0.2) is 15.1 Å². The molecule has 0 spiro atoms. The number of nitrogens with one attached hydrogen (secondary N) is 1. The summed E-state index contributed by atoms with van der Waals surface area (Å²) in [5.74, 6) is 0.679. The van der Waals surface area contributed by atoms with Crippen LogP contribution in [0.5, 0.6) is 0 Å². The van der Waals surface area contributed by atoms with Gasteiger partial charge in [-0.05, 0) is 42.6 Å². The molecular weight excluding hydrogens is 290 g/mol. The van der Waals surface area contributed by atoms with Crippen molar-refractivity contribution < 1.29 is 4.52 Å². The van der Waals surface area contributed by atoms with E-state index in [2.05, 4.69) is 15.1 Å². The Morgan fingerprint density at radius 3 is 2.70 bits per heavy atom. The summed E-state index contributed by atoms with van der Waals surface area (Å²) < 4.78 is 5.28. The molecule has 2 aromatic carbocycles. The Balaban J connectivity index is 1.85. The summed E-state index contributed by atoms with van der Waals surface area (Å²) in [6.07, 6.45) is 0. The third kappa shape index (κ3) is 2.42. The van der Waals surface area contributed by atoms with Crippen molar-refractivity contribution in [1.29, 1.82) is 0 Å². The van der Waals surface area contributed by atoms with Gasteiger partial charge >= 0.3 is 0 Å². The SMILES string of the molecule is Cc1ccc2[nH]c(=O)c(-c3noc(-c4ccccc4)n3)cc2c1. The average Bonchev–Trinajstić information content (AvgIpc) is 3.05. The number of hydrogen-bond acceptors (Lipinski definition) is 4. The molecule has 0 amide bonds. The van der Waals surface area contributed by atoms with E-state index in [0.29, 0.717) is 11.5 Å². The van der Waals surface area contributed by atoms with E-state index in [9.17, 15) is 4.79 Å². The number of hydrogen-bond donors (Lipinski definition) is 1. The molecule has 0 aliphatic rings. The van der Waals surface area contributed by atoms with Crippen molar-refractivity contribution in [3.63, 3.8) is 0 Å². The van der Waals surface area contributed by atoms with Crippen LogP contribution in [0.2, 0.25) is 0 Å². The normalized spacial score (nSPS) is 11.0. The Labute approximate surface area is 131 Å². The van der Waals surface area contributed by atoms with Crippen LogP contribution in [0.3, 0.4) is 0 Å². The molecule has 2 aromatic heterocycles. The first-order valence-corrected chi connectivity index (χ1v) is 7.24. The summed E-state index contributed by atoms with van der Waals surface area (Å²) in [6.45, 7) is 2.01. The molecule has 23 heavy (non-hydrogen) atoms. The third-order valence-electron chi connectivity index (χ3n) is 3.69. The van der Waals surface area contributed by atoms with Gasteiger partial charge in [0.25, 0.3) is 11.4 Å². The van der Waals surface area contributed by atoms with Gasteiger partial charge in [-0.1, -0.05) is 35.0 Å². The zero-order valence-corrected chi connectivity index (χ0v) is 12.4. The summed E-state index contributed by atoms with van der Waals surface area (Å²) in [5.41, 5.74) is 2.89. The first-order valence-electron chi connectivity index (χ1n) is 7.24. The maximum Gasteiger partial charge on any atom is 0.259 e. The number of fused-ring (bicyclic) bond motifs is 1. The summed E-state index contributed by atoms with van der Waals surface area (Å²) in [7, 11) is 0. The van der Waals surface area contributed by atoms with Crippen molar-refractivity contribution in [2.75, 3.05) is 0 Å². The number of aromatic amines is 1. The van der Waals surface area contributed by atoms with Gasteiger partial charge in [0, 0.05) is 11.1 Å². The summed E-state index contributed by atoms with van der Waals surface area (Å²) in [4.78, 5) is 19.5. The van der Waals surface area contributed by atoms with Crippen LogP contribution in [0.4, 0.5) is 0 Å². The lowest BCUT2D eigenvalue weighted by Crippen LogP contribution is -2.09. The van der Waals surface area contributed by atoms with Gasteiger partial charge in [-0.3, -0.25) is 4.79 Å². The minimum atomic E-state index is -0.234. The lowest BCUT2D eigenvalue weighted by atomic mass is 10.1. The van der Waals surface area contributed by atoms with Crippen LogP contribution in [-0.2, 0) is 0 Å². The highest BCUT2D eigenvalue weighted by atomic mass is 16.5. The minimum Gasteiger partial charge on any atom is -0.334 e. The Morgan fingerprint density at radius 1 is 1.04 bits per heavy atom. The number of pyridine rings is 1. The molecule has 0 bridgehead atoms. The van der Waals surface area contributed by atoms with Crippen molar-refractivity contribution in [2.24, 2.45) is 0 Å². The molecule has 0 aliphatic carbocycles. The van der Waals surface area contributed by atoms with Gasteiger partial charge in [0.1, 0.15) is 0 Å². The maximum atomic E-state index is 12.3. The highest BCUT2D eigenvalue weighted by molar-refractivity contribution is 5.83. The molecule has 112 valence electrons. The van der Waals surface area contributed by atoms with Crippen LogP contribution < -0.4 is 5.56 Å². The fourth-order valence-electron chi connectivity index (χ4n) is 2.52. The van der Waals surface area contributed by atoms with E-state index < -0.39 is 0 Å². The van der Waals surface area contributed by atoms with Crippen LogP contribution in [0.25, 0.3) is 33.7 Å². The molecular formula is C18H13N3O2. The summed E-state index contributed by atoms with van der Waals surface area (Å²) in [5, 5.41) is 4.88. The molecule has 0 saturated heterocycles. The highest BCUT2D eigenvalue weighted by Crippen LogP contribution is 2.22. The van der Waals surface area contributed by atoms with Gasteiger partial charge in [-0.15, -0.1) is 0 Å². The number of nitrogens with zero attached hydrogens (tertiary/aromatic N) is 2. The number of benzene rings is 2. The topological polar surface area (TPSA) is 71.8 Å². The van der Waals surface area contributed by atoms with Gasteiger partial charge in [0.15, 0.2) is 0 Å². The molecule has 0 fully saturated rings. The largest absolute Gasteiger partial charge is 0.334 e. The molecule has 0 atom stereocenters. The van der Waals surface area contributed by atoms with E-state index in [1.54, 1.807) is 6.07 Å². The molecule has 5 nitrogen and oxygen atoms in total. The van der Waals surface area contributed by atoms with Crippen LogP contribution in [0, 0.1) is 6.92 Å². The van der Waals surface area contributed by atoms with Crippen molar-refractivity contribution in [1.82, 2.24) is 15.1 Å². The van der Waals surface area contributed by atoms with Crippen molar-refractivity contribution in [3.8, 4) is 22.8 Å². The van der Waals surface area contributed by atoms with Crippen molar-refractivity contribution >= 4 is 10.9 Å².